The van der Waals surface area contributed by atoms with Crippen molar-refractivity contribution < 1.29 is 34.3 Å². The van der Waals surface area contributed by atoms with Crippen LogP contribution in [0.5, 0.6) is 5.75 Å². The summed E-state index contributed by atoms with van der Waals surface area (Å²) in [5.41, 5.74) is 0.563. The first-order valence-corrected chi connectivity index (χ1v) is 7.42. The molecular weight excluding hydrogens is 320 g/mol. The van der Waals surface area contributed by atoms with Gasteiger partial charge in [-0.3, -0.25) is 0 Å². The van der Waals surface area contributed by atoms with Gasteiger partial charge in [0.15, 0.2) is 0 Å². The van der Waals surface area contributed by atoms with Crippen LogP contribution in [0.1, 0.15) is 5.56 Å². The Hall–Kier alpha value is -1.97. The maximum absolute atomic E-state index is 11.5. The second-order valence-electron chi connectivity index (χ2n) is 5.72. The van der Waals surface area contributed by atoms with Gasteiger partial charge in [-0.1, -0.05) is 0 Å². The molecule has 0 bridgehead atoms. The van der Waals surface area contributed by atoms with Crippen molar-refractivity contribution in [2.24, 2.45) is 0 Å². The lowest BCUT2D eigenvalue weighted by Gasteiger charge is -2.39. The summed E-state index contributed by atoms with van der Waals surface area (Å²) in [5.74, 6) is 0.237. The summed E-state index contributed by atoms with van der Waals surface area (Å²) in [7, 11) is 0. The lowest BCUT2D eigenvalue weighted by atomic mass is 9.99. The van der Waals surface area contributed by atoms with Gasteiger partial charge < -0.3 is 34.3 Å². The van der Waals surface area contributed by atoms with Gasteiger partial charge in [0.1, 0.15) is 35.7 Å². The molecule has 0 saturated carbocycles. The first kappa shape index (κ1) is 16.9. The van der Waals surface area contributed by atoms with Gasteiger partial charge in [0.05, 0.1) is 6.61 Å². The molecule has 130 valence electrons. The molecule has 2 heterocycles. The van der Waals surface area contributed by atoms with Gasteiger partial charge in [-0.05, 0) is 24.6 Å². The Balaban J connectivity index is 1.87. The normalized spacial score (nSPS) is 30.5. The summed E-state index contributed by atoms with van der Waals surface area (Å²) in [6, 6.07) is 6.12. The van der Waals surface area contributed by atoms with Crippen molar-refractivity contribution in [2.45, 2.75) is 37.6 Å². The zero-order chi connectivity index (χ0) is 17.4. The summed E-state index contributed by atoms with van der Waals surface area (Å²) >= 11 is 0. The van der Waals surface area contributed by atoms with Crippen LogP contribution in [0.15, 0.2) is 33.5 Å². The highest BCUT2D eigenvalue weighted by Gasteiger charge is 2.44. The van der Waals surface area contributed by atoms with E-state index < -0.39 is 42.9 Å². The van der Waals surface area contributed by atoms with E-state index in [1.165, 1.54) is 12.1 Å². The summed E-state index contributed by atoms with van der Waals surface area (Å²) < 4.78 is 15.9. The van der Waals surface area contributed by atoms with Crippen molar-refractivity contribution in [1.82, 2.24) is 0 Å². The SMILES string of the molecule is Cc1cc(=O)oc2cc(O[C@@H]3OC(CO)[C@H](O)[C@@H](O)C3O)ccc12. The first-order valence-electron chi connectivity index (χ1n) is 7.42. The molecule has 1 aliphatic heterocycles. The predicted molar refractivity (Wildman–Crippen MR) is 81.6 cm³/mol. The van der Waals surface area contributed by atoms with E-state index >= 15 is 0 Å². The Kier molecular flexibility index (Phi) is 4.57. The highest BCUT2D eigenvalue weighted by atomic mass is 16.7. The second kappa shape index (κ2) is 6.50. The predicted octanol–water partition coefficient (Wildman–Crippen LogP) is -0.720. The molecule has 1 fully saturated rings. The van der Waals surface area contributed by atoms with Crippen LogP contribution >= 0.6 is 0 Å². The summed E-state index contributed by atoms with van der Waals surface area (Å²) in [5, 5.41) is 39.4. The second-order valence-corrected chi connectivity index (χ2v) is 5.72. The smallest absolute Gasteiger partial charge is 0.336 e. The van der Waals surface area contributed by atoms with Crippen LogP contribution < -0.4 is 10.4 Å². The third kappa shape index (κ3) is 3.02. The lowest BCUT2D eigenvalue weighted by molar-refractivity contribution is -0.277. The fraction of sp³-hybridized carbons (Fsp3) is 0.438. The average molecular weight is 338 g/mol. The first-order chi connectivity index (χ1) is 11.4. The van der Waals surface area contributed by atoms with Crippen LogP contribution in [0.4, 0.5) is 0 Å². The van der Waals surface area contributed by atoms with Gasteiger partial charge in [-0.15, -0.1) is 0 Å². The molecule has 0 radical (unpaired) electrons. The Labute approximate surface area is 136 Å². The van der Waals surface area contributed by atoms with Crippen molar-refractivity contribution in [2.75, 3.05) is 6.61 Å². The standard InChI is InChI=1S/C16H18O8/c1-7-4-12(18)23-10-5-8(2-3-9(7)10)22-16-15(21)14(20)13(19)11(6-17)24-16/h2-5,11,13-17,19-21H,6H2,1H3/t11?,13-,14+,15?,16+/m0/s1. The van der Waals surface area contributed by atoms with E-state index in [2.05, 4.69) is 0 Å². The van der Waals surface area contributed by atoms with E-state index in [0.29, 0.717) is 5.58 Å². The minimum absolute atomic E-state index is 0.237. The van der Waals surface area contributed by atoms with Crippen LogP contribution in [-0.2, 0) is 4.74 Å². The van der Waals surface area contributed by atoms with Gasteiger partial charge in [0.2, 0.25) is 6.29 Å². The molecule has 1 aromatic heterocycles. The summed E-state index contributed by atoms with van der Waals surface area (Å²) in [4.78, 5) is 11.5. The molecule has 0 amide bonds. The third-order valence-corrected chi connectivity index (χ3v) is 4.02. The van der Waals surface area contributed by atoms with E-state index in [9.17, 15) is 20.1 Å². The molecule has 8 heteroatoms. The van der Waals surface area contributed by atoms with Crippen LogP contribution in [0.25, 0.3) is 11.0 Å². The molecule has 8 nitrogen and oxygen atoms in total. The maximum atomic E-state index is 11.5. The van der Waals surface area contributed by atoms with Crippen molar-refractivity contribution >= 4 is 11.0 Å². The van der Waals surface area contributed by atoms with E-state index in [1.807, 2.05) is 0 Å². The fourth-order valence-electron chi connectivity index (χ4n) is 2.68. The molecule has 24 heavy (non-hydrogen) atoms. The number of aliphatic hydroxyl groups excluding tert-OH is 4. The molecular formula is C16H18O8. The third-order valence-electron chi connectivity index (χ3n) is 4.02. The van der Waals surface area contributed by atoms with Crippen LogP contribution in [0.3, 0.4) is 0 Å². The van der Waals surface area contributed by atoms with Crippen molar-refractivity contribution in [3.05, 3.63) is 40.2 Å². The molecule has 5 atom stereocenters. The van der Waals surface area contributed by atoms with E-state index in [1.54, 1.807) is 19.1 Å². The van der Waals surface area contributed by atoms with E-state index in [0.717, 1.165) is 10.9 Å². The molecule has 3 rings (SSSR count). The van der Waals surface area contributed by atoms with E-state index in [4.69, 9.17) is 19.0 Å². The van der Waals surface area contributed by atoms with Gasteiger partial charge in [-0.2, -0.15) is 0 Å². The molecule has 0 aliphatic carbocycles. The van der Waals surface area contributed by atoms with Crippen molar-refractivity contribution in [3.63, 3.8) is 0 Å². The summed E-state index contributed by atoms with van der Waals surface area (Å²) in [6.45, 7) is 1.23. The van der Waals surface area contributed by atoms with Crippen molar-refractivity contribution in [3.8, 4) is 5.75 Å². The quantitative estimate of drug-likeness (QED) is 0.540. The fourth-order valence-corrected chi connectivity index (χ4v) is 2.68. The Morgan fingerprint density at radius 3 is 2.58 bits per heavy atom. The minimum Gasteiger partial charge on any atom is -0.462 e. The van der Waals surface area contributed by atoms with Gasteiger partial charge in [0.25, 0.3) is 0 Å². The number of benzene rings is 1. The number of fused-ring (bicyclic) bond motifs is 1. The summed E-state index contributed by atoms with van der Waals surface area (Å²) in [6.07, 6.45) is -6.85. The van der Waals surface area contributed by atoms with Gasteiger partial charge >= 0.3 is 5.63 Å². The maximum Gasteiger partial charge on any atom is 0.336 e. The topological polar surface area (TPSA) is 130 Å². The molecule has 1 saturated heterocycles. The number of rotatable bonds is 3. The molecule has 1 aliphatic rings. The zero-order valence-electron chi connectivity index (χ0n) is 12.8. The number of hydrogen-bond acceptors (Lipinski definition) is 8. The largest absolute Gasteiger partial charge is 0.462 e. The molecule has 2 aromatic rings. The molecule has 0 spiro atoms. The molecule has 4 N–H and O–H groups in total. The van der Waals surface area contributed by atoms with Gasteiger partial charge in [-0.25, -0.2) is 4.79 Å². The Morgan fingerprint density at radius 1 is 1.12 bits per heavy atom. The Bertz CT molecular complexity index is 783. The minimum atomic E-state index is -1.53. The average Bonchev–Trinajstić information content (AvgIpc) is 2.55. The number of aryl methyl sites for hydroxylation is 1. The lowest BCUT2D eigenvalue weighted by Crippen LogP contribution is -2.60. The van der Waals surface area contributed by atoms with E-state index in [-0.39, 0.29) is 5.75 Å². The van der Waals surface area contributed by atoms with Crippen LogP contribution in [0, 0.1) is 6.92 Å². The Morgan fingerprint density at radius 2 is 1.88 bits per heavy atom. The number of ether oxygens (including phenoxy) is 2. The number of aliphatic hydroxyl groups is 4. The van der Waals surface area contributed by atoms with Crippen molar-refractivity contribution in [1.29, 1.82) is 0 Å². The van der Waals surface area contributed by atoms with Gasteiger partial charge in [0, 0.05) is 17.5 Å². The molecule has 1 aromatic carbocycles. The van der Waals surface area contributed by atoms with Crippen LogP contribution in [0.2, 0.25) is 0 Å². The zero-order valence-corrected chi connectivity index (χ0v) is 12.8. The monoisotopic (exact) mass is 338 g/mol. The highest BCUT2D eigenvalue weighted by molar-refractivity contribution is 5.81. The molecule has 2 unspecified atom stereocenters. The highest BCUT2D eigenvalue weighted by Crippen LogP contribution is 2.27. The van der Waals surface area contributed by atoms with Crippen LogP contribution in [-0.4, -0.2) is 57.7 Å². The number of hydrogen-bond donors (Lipinski definition) is 4.